The van der Waals surface area contributed by atoms with Gasteiger partial charge in [0, 0.05) is 30.7 Å². The Kier molecular flexibility index (Phi) is 5.24. The molecular weight excluding hydrogens is 340 g/mol. The lowest BCUT2D eigenvalue weighted by Crippen LogP contribution is -2.40. The van der Waals surface area contributed by atoms with E-state index in [4.69, 9.17) is 0 Å². The Morgan fingerprint density at radius 1 is 1.24 bits per heavy atom. The maximum Gasteiger partial charge on any atom is 0.214 e. The number of hydrogen-bond donors (Lipinski definition) is 1. The fourth-order valence-electron chi connectivity index (χ4n) is 2.96. The zero-order valence-electron chi connectivity index (χ0n) is 14.4. The molecule has 8 nitrogen and oxygen atoms in total. The minimum Gasteiger partial charge on any atom is -0.324 e. The number of piperidine rings is 1. The molecule has 1 unspecified atom stereocenters. The summed E-state index contributed by atoms with van der Waals surface area (Å²) in [6.07, 6.45) is 7.35. The maximum atomic E-state index is 12.4. The lowest BCUT2D eigenvalue weighted by molar-refractivity contribution is 0.246. The largest absolute Gasteiger partial charge is 0.324 e. The van der Waals surface area contributed by atoms with Crippen LogP contribution in [0.5, 0.6) is 0 Å². The molecule has 0 saturated carbocycles. The van der Waals surface area contributed by atoms with Gasteiger partial charge in [0.1, 0.15) is 17.5 Å². The van der Waals surface area contributed by atoms with Crippen LogP contribution in [0.4, 0.5) is 11.6 Å². The van der Waals surface area contributed by atoms with Crippen molar-refractivity contribution in [2.75, 3.05) is 17.6 Å². The van der Waals surface area contributed by atoms with Gasteiger partial charge < -0.3 is 5.32 Å². The average molecular weight is 362 g/mol. The van der Waals surface area contributed by atoms with E-state index in [1.165, 1.54) is 0 Å². The quantitative estimate of drug-likeness (QED) is 0.870. The van der Waals surface area contributed by atoms with Crippen LogP contribution in [-0.2, 0) is 10.0 Å². The third-order valence-electron chi connectivity index (χ3n) is 4.16. The average Bonchev–Trinajstić information content (AvgIpc) is 2.62. The molecule has 0 bridgehead atoms. The number of nitrogens with one attached hydrogen (secondary N) is 1. The Bertz CT molecular complexity index is 828. The summed E-state index contributed by atoms with van der Waals surface area (Å²) in [7, 11) is -3.29. The highest BCUT2D eigenvalue weighted by atomic mass is 32.2. The zero-order chi connectivity index (χ0) is 17.9. The highest BCUT2D eigenvalue weighted by Crippen LogP contribution is 2.32. The van der Waals surface area contributed by atoms with Gasteiger partial charge in [0.05, 0.1) is 18.0 Å². The molecule has 1 saturated heterocycles. The van der Waals surface area contributed by atoms with Gasteiger partial charge in [-0.25, -0.2) is 23.4 Å². The van der Waals surface area contributed by atoms with Gasteiger partial charge in [-0.05, 0) is 26.7 Å². The molecule has 1 fully saturated rings. The summed E-state index contributed by atoms with van der Waals surface area (Å²) in [5, 5.41) is 3.10. The molecule has 0 aromatic carbocycles. The lowest BCUT2D eigenvalue weighted by Gasteiger charge is -2.33. The van der Waals surface area contributed by atoms with Crippen molar-refractivity contribution in [3.63, 3.8) is 0 Å². The highest BCUT2D eigenvalue weighted by molar-refractivity contribution is 7.89. The molecule has 3 heterocycles. The molecule has 1 aliphatic rings. The molecule has 0 amide bonds. The molecule has 2 aromatic heterocycles. The summed E-state index contributed by atoms with van der Waals surface area (Å²) in [6, 6.07) is 1.49. The third-order valence-corrected chi connectivity index (χ3v) is 6.05. The van der Waals surface area contributed by atoms with Gasteiger partial charge in [0.25, 0.3) is 0 Å². The highest BCUT2D eigenvalue weighted by Gasteiger charge is 2.34. The van der Waals surface area contributed by atoms with Crippen LogP contribution in [0, 0.1) is 6.92 Å². The number of aromatic nitrogens is 4. The van der Waals surface area contributed by atoms with Gasteiger partial charge in [-0.1, -0.05) is 6.42 Å². The first-order valence-corrected chi connectivity index (χ1v) is 9.98. The van der Waals surface area contributed by atoms with Crippen molar-refractivity contribution in [2.24, 2.45) is 0 Å². The van der Waals surface area contributed by atoms with Crippen molar-refractivity contribution >= 4 is 21.7 Å². The van der Waals surface area contributed by atoms with Gasteiger partial charge in [0.15, 0.2) is 0 Å². The van der Waals surface area contributed by atoms with Crippen LogP contribution >= 0.6 is 0 Å². The molecule has 2 aromatic rings. The molecule has 1 aliphatic heterocycles. The van der Waals surface area contributed by atoms with Gasteiger partial charge >= 0.3 is 0 Å². The Morgan fingerprint density at radius 2 is 2.08 bits per heavy atom. The fourth-order valence-corrected chi connectivity index (χ4v) is 4.29. The number of rotatable bonds is 5. The molecule has 1 atom stereocenters. The van der Waals surface area contributed by atoms with Crippen molar-refractivity contribution in [3.05, 3.63) is 36.2 Å². The van der Waals surface area contributed by atoms with Gasteiger partial charge in [-0.2, -0.15) is 4.31 Å². The monoisotopic (exact) mass is 362 g/mol. The van der Waals surface area contributed by atoms with Crippen LogP contribution < -0.4 is 5.32 Å². The first-order valence-electron chi connectivity index (χ1n) is 8.38. The Morgan fingerprint density at radius 3 is 2.80 bits per heavy atom. The summed E-state index contributed by atoms with van der Waals surface area (Å²) >= 11 is 0. The molecule has 0 radical (unpaired) electrons. The van der Waals surface area contributed by atoms with E-state index < -0.39 is 10.0 Å². The van der Waals surface area contributed by atoms with E-state index >= 15 is 0 Å². The lowest BCUT2D eigenvalue weighted by atomic mass is 10.0. The smallest absolute Gasteiger partial charge is 0.214 e. The molecule has 25 heavy (non-hydrogen) atoms. The second kappa shape index (κ2) is 7.40. The van der Waals surface area contributed by atoms with Gasteiger partial charge in [-0.3, -0.25) is 4.98 Å². The van der Waals surface area contributed by atoms with E-state index in [0.717, 1.165) is 25.0 Å². The SMILES string of the molecule is CCS(=O)(=O)N1CCCCC1c1nc(C)cc(Nc2cnccn2)n1. The second-order valence-electron chi connectivity index (χ2n) is 5.99. The van der Waals surface area contributed by atoms with Crippen molar-refractivity contribution in [3.8, 4) is 0 Å². The maximum absolute atomic E-state index is 12.4. The number of hydrogen-bond acceptors (Lipinski definition) is 7. The number of anilines is 2. The van der Waals surface area contributed by atoms with Gasteiger partial charge in [-0.15, -0.1) is 0 Å². The van der Waals surface area contributed by atoms with Crippen molar-refractivity contribution in [1.29, 1.82) is 0 Å². The van der Waals surface area contributed by atoms with Crippen LogP contribution in [0.25, 0.3) is 0 Å². The van der Waals surface area contributed by atoms with Crippen molar-refractivity contribution in [1.82, 2.24) is 24.2 Å². The minimum absolute atomic E-state index is 0.0834. The number of aryl methyl sites for hydroxylation is 1. The molecule has 9 heteroatoms. The molecule has 0 aliphatic carbocycles. The van der Waals surface area contributed by atoms with Crippen LogP contribution in [0.3, 0.4) is 0 Å². The number of sulfonamides is 1. The van der Waals surface area contributed by atoms with Gasteiger partial charge in [0.2, 0.25) is 10.0 Å². The fraction of sp³-hybridized carbons (Fsp3) is 0.500. The number of nitrogens with zero attached hydrogens (tertiary/aromatic N) is 5. The van der Waals surface area contributed by atoms with E-state index in [2.05, 4.69) is 25.3 Å². The molecule has 1 N–H and O–H groups in total. The molecule has 0 spiro atoms. The van der Waals surface area contributed by atoms with E-state index in [9.17, 15) is 8.42 Å². The van der Waals surface area contributed by atoms with Crippen molar-refractivity contribution < 1.29 is 8.42 Å². The van der Waals surface area contributed by atoms with E-state index in [1.807, 2.05) is 6.92 Å². The minimum atomic E-state index is -3.29. The standard InChI is InChI=1S/C16H22N6O2S/c1-3-25(23,24)22-9-5-4-6-13(22)16-19-12(2)10-14(21-16)20-15-11-17-7-8-18-15/h7-8,10-11,13H,3-6,9H2,1-2H3,(H,18,19,20,21). The molecule has 3 rings (SSSR count). The summed E-state index contributed by atoms with van der Waals surface area (Å²) in [5.74, 6) is 1.78. The normalized spacial score (nSPS) is 18.9. The summed E-state index contributed by atoms with van der Waals surface area (Å²) in [6.45, 7) is 4.05. The van der Waals surface area contributed by atoms with Crippen LogP contribution in [0.15, 0.2) is 24.7 Å². The predicted octanol–water partition coefficient (Wildman–Crippen LogP) is 2.20. The van der Waals surface area contributed by atoms with E-state index in [0.29, 0.717) is 24.0 Å². The Labute approximate surface area is 147 Å². The molecular formula is C16H22N6O2S. The first kappa shape index (κ1) is 17.7. The van der Waals surface area contributed by atoms with Crippen LogP contribution in [0.1, 0.15) is 43.7 Å². The molecule has 134 valence electrons. The van der Waals surface area contributed by atoms with Crippen LogP contribution in [-0.4, -0.2) is 45.0 Å². The summed E-state index contributed by atoms with van der Waals surface area (Å²) in [4.78, 5) is 17.2. The summed E-state index contributed by atoms with van der Waals surface area (Å²) in [5.41, 5.74) is 0.774. The topological polar surface area (TPSA) is 101 Å². The first-order chi connectivity index (χ1) is 12.0. The summed E-state index contributed by atoms with van der Waals surface area (Å²) < 4.78 is 26.4. The zero-order valence-corrected chi connectivity index (χ0v) is 15.2. The third kappa shape index (κ3) is 4.10. The second-order valence-corrected chi connectivity index (χ2v) is 8.20. The Hall–Kier alpha value is -2.13. The van der Waals surface area contributed by atoms with E-state index in [-0.39, 0.29) is 11.8 Å². The van der Waals surface area contributed by atoms with E-state index in [1.54, 1.807) is 35.9 Å². The van der Waals surface area contributed by atoms with Crippen molar-refractivity contribution in [2.45, 2.75) is 39.2 Å². The Balaban J connectivity index is 1.93. The van der Waals surface area contributed by atoms with Crippen LogP contribution in [0.2, 0.25) is 0 Å². The predicted molar refractivity (Wildman–Crippen MR) is 94.8 cm³/mol.